The third-order valence-corrected chi connectivity index (χ3v) is 4.58. The molecule has 0 saturated carbocycles. The van der Waals surface area contributed by atoms with Crippen molar-refractivity contribution < 1.29 is 19.1 Å². The molecule has 0 radical (unpaired) electrons. The van der Waals surface area contributed by atoms with Gasteiger partial charge in [0.25, 0.3) is 5.91 Å². The number of hydrogen-bond donors (Lipinski definition) is 1. The molecule has 1 aliphatic heterocycles. The molecule has 7 nitrogen and oxygen atoms in total. The Hall–Kier alpha value is -2.71. The highest BCUT2D eigenvalue weighted by molar-refractivity contribution is 9.10. The number of aliphatic imine (C=N–C) groups is 1. The third kappa shape index (κ3) is 4.01. The first-order chi connectivity index (χ1) is 12.9. The van der Waals surface area contributed by atoms with E-state index in [4.69, 9.17) is 16.3 Å². The van der Waals surface area contributed by atoms with Gasteiger partial charge in [0.15, 0.2) is 5.92 Å². The molecular weight excluding hydrogens is 438 g/mol. The second-order valence-electron chi connectivity index (χ2n) is 5.52. The second-order valence-corrected chi connectivity index (χ2v) is 6.84. The summed E-state index contributed by atoms with van der Waals surface area (Å²) in [6.07, 6.45) is 1.17. The summed E-state index contributed by atoms with van der Waals surface area (Å²) >= 11 is 9.38. The summed E-state index contributed by atoms with van der Waals surface area (Å²) in [4.78, 5) is 42.1. The lowest BCUT2D eigenvalue weighted by molar-refractivity contribution is -0.131. The lowest BCUT2D eigenvalue weighted by Crippen LogP contribution is -2.58. The van der Waals surface area contributed by atoms with Crippen molar-refractivity contribution in [2.45, 2.75) is 0 Å². The van der Waals surface area contributed by atoms with Crippen molar-refractivity contribution in [1.29, 1.82) is 0 Å². The normalized spacial score (nSPS) is 17.4. The number of hydrogen-bond acceptors (Lipinski definition) is 5. The molecule has 0 unspecified atom stereocenters. The number of nitrogens with zero attached hydrogens (tertiary/aromatic N) is 2. The van der Waals surface area contributed by atoms with Crippen LogP contribution < -0.4 is 15.0 Å². The summed E-state index contributed by atoms with van der Waals surface area (Å²) < 4.78 is 5.88. The number of imide groups is 2. The zero-order valence-electron chi connectivity index (χ0n) is 14.0. The van der Waals surface area contributed by atoms with Crippen molar-refractivity contribution >= 4 is 63.0 Å². The zero-order chi connectivity index (χ0) is 19.6. The Morgan fingerprint density at radius 2 is 2.00 bits per heavy atom. The van der Waals surface area contributed by atoms with Gasteiger partial charge in [-0.05, 0) is 30.3 Å². The van der Waals surface area contributed by atoms with E-state index in [1.807, 2.05) is 0 Å². The fourth-order valence-corrected chi connectivity index (χ4v) is 3.18. The van der Waals surface area contributed by atoms with Gasteiger partial charge in [0.1, 0.15) is 5.75 Å². The quantitative estimate of drug-likeness (QED) is 0.568. The van der Waals surface area contributed by atoms with Crippen molar-refractivity contribution in [3.05, 3.63) is 52.0 Å². The molecule has 0 aromatic heterocycles. The standard InChI is InChI=1S/C18H13BrClN3O4/c1-27-12-4-2-3-11(8-12)23-17(25)13(16(24)22-18(23)26)9-21-15-6-5-10(19)7-14(15)20/h2-9,13H,1H3,(H,22,24,26)/t13-/m1/s1. The van der Waals surface area contributed by atoms with Crippen LogP contribution >= 0.6 is 27.5 Å². The van der Waals surface area contributed by atoms with Crippen LogP contribution in [-0.2, 0) is 9.59 Å². The van der Waals surface area contributed by atoms with Crippen LogP contribution in [0.4, 0.5) is 16.2 Å². The van der Waals surface area contributed by atoms with Crippen molar-refractivity contribution in [2.24, 2.45) is 10.9 Å². The topological polar surface area (TPSA) is 88.1 Å². The van der Waals surface area contributed by atoms with Gasteiger partial charge >= 0.3 is 6.03 Å². The highest BCUT2D eigenvalue weighted by atomic mass is 79.9. The van der Waals surface area contributed by atoms with Gasteiger partial charge in [0, 0.05) is 16.8 Å². The number of barbiturate groups is 1. The SMILES string of the molecule is COc1cccc(N2C(=O)NC(=O)[C@@H](C=Nc3ccc(Br)cc3Cl)C2=O)c1. The number of nitrogens with one attached hydrogen (secondary N) is 1. The fourth-order valence-electron chi connectivity index (χ4n) is 2.46. The molecule has 0 aliphatic carbocycles. The molecule has 3 rings (SSSR count). The first kappa shape index (κ1) is 19.1. The Balaban J connectivity index is 1.91. The molecular formula is C18H13BrClN3O4. The summed E-state index contributed by atoms with van der Waals surface area (Å²) in [6, 6.07) is 10.6. The number of anilines is 1. The second kappa shape index (κ2) is 7.89. The zero-order valence-corrected chi connectivity index (χ0v) is 16.3. The molecule has 1 aliphatic rings. The van der Waals surface area contributed by atoms with Gasteiger partial charge in [0.05, 0.1) is 23.5 Å². The minimum absolute atomic E-state index is 0.282. The maximum absolute atomic E-state index is 12.8. The molecule has 2 aromatic carbocycles. The van der Waals surface area contributed by atoms with Crippen molar-refractivity contribution in [2.75, 3.05) is 12.0 Å². The summed E-state index contributed by atoms with van der Waals surface area (Å²) in [7, 11) is 1.47. The Kier molecular flexibility index (Phi) is 5.57. The number of halogens is 2. The molecule has 9 heteroatoms. The Morgan fingerprint density at radius 3 is 2.70 bits per heavy atom. The molecule has 2 aromatic rings. The lowest BCUT2D eigenvalue weighted by Gasteiger charge is -2.28. The van der Waals surface area contributed by atoms with E-state index in [0.29, 0.717) is 16.5 Å². The van der Waals surface area contributed by atoms with Gasteiger partial charge < -0.3 is 4.74 Å². The molecule has 1 heterocycles. The maximum atomic E-state index is 12.8. The number of ether oxygens (including phenoxy) is 1. The summed E-state index contributed by atoms with van der Waals surface area (Å²) in [5, 5.41) is 2.51. The summed E-state index contributed by atoms with van der Waals surface area (Å²) in [6.45, 7) is 0. The molecule has 4 amide bonds. The van der Waals surface area contributed by atoms with E-state index in [1.54, 1.807) is 36.4 Å². The van der Waals surface area contributed by atoms with Crippen LogP contribution in [0.1, 0.15) is 0 Å². The lowest BCUT2D eigenvalue weighted by atomic mass is 10.1. The van der Waals surface area contributed by atoms with Crippen molar-refractivity contribution in [3.8, 4) is 5.75 Å². The van der Waals surface area contributed by atoms with Gasteiger partial charge in [-0.3, -0.25) is 19.9 Å². The van der Waals surface area contributed by atoms with Gasteiger partial charge in [-0.1, -0.05) is 33.6 Å². The number of benzene rings is 2. The van der Waals surface area contributed by atoms with Crippen molar-refractivity contribution in [1.82, 2.24) is 5.32 Å². The number of carbonyl (C=O) groups excluding carboxylic acids is 3. The van der Waals surface area contributed by atoms with E-state index in [1.165, 1.54) is 19.4 Å². The highest BCUT2D eigenvalue weighted by Crippen LogP contribution is 2.29. The van der Waals surface area contributed by atoms with E-state index >= 15 is 0 Å². The van der Waals surface area contributed by atoms with Gasteiger partial charge in [-0.15, -0.1) is 0 Å². The van der Waals surface area contributed by atoms with Crippen LogP contribution in [0.25, 0.3) is 0 Å². The third-order valence-electron chi connectivity index (χ3n) is 3.79. The monoisotopic (exact) mass is 449 g/mol. The molecule has 1 atom stereocenters. The molecule has 1 fully saturated rings. The van der Waals surface area contributed by atoms with Crippen molar-refractivity contribution in [3.63, 3.8) is 0 Å². The van der Waals surface area contributed by atoms with Crippen LogP contribution in [0.15, 0.2) is 51.9 Å². The number of amides is 4. The van der Waals surface area contributed by atoms with E-state index < -0.39 is 23.8 Å². The average molecular weight is 451 g/mol. The molecule has 0 spiro atoms. The Bertz CT molecular complexity index is 963. The Labute approximate surface area is 168 Å². The minimum Gasteiger partial charge on any atom is -0.497 e. The van der Waals surface area contributed by atoms with E-state index in [2.05, 4.69) is 26.2 Å². The van der Waals surface area contributed by atoms with Gasteiger partial charge in [-0.2, -0.15) is 0 Å². The first-order valence-corrected chi connectivity index (χ1v) is 8.90. The number of methoxy groups -OCH3 is 1. The van der Waals surface area contributed by atoms with Crippen LogP contribution in [0, 0.1) is 5.92 Å². The van der Waals surface area contributed by atoms with E-state index in [-0.39, 0.29) is 5.69 Å². The molecule has 1 saturated heterocycles. The Morgan fingerprint density at radius 1 is 1.22 bits per heavy atom. The van der Waals surface area contributed by atoms with Crippen LogP contribution in [0.2, 0.25) is 5.02 Å². The largest absolute Gasteiger partial charge is 0.497 e. The van der Waals surface area contributed by atoms with E-state index in [0.717, 1.165) is 9.37 Å². The van der Waals surface area contributed by atoms with Gasteiger partial charge in [0.2, 0.25) is 5.91 Å². The fraction of sp³-hybridized carbons (Fsp3) is 0.111. The molecule has 1 N–H and O–H groups in total. The van der Waals surface area contributed by atoms with Crippen LogP contribution in [0.5, 0.6) is 5.75 Å². The average Bonchev–Trinajstić information content (AvgIpc) is 2.63. The first-order valence-electron chi connectivity index (χ1n) is 7.73. The maximum Gasteiger partial charge on any atom is 0.335 e. The highest BCUT2D eigenvalue weighted by Gasteiger charge is 2.40. The molecule has 138 valence electrons. The number of urea groups is 1. The van der Waals surface area contributed by atoms with Gasteiger partial charge in [-0.25, -0.2) is 9.69 Å². The molecule has 0 bridgehead atoms. The van der Waals surface area contributed by atoms with Crippen LogP contribution in [-0.4, -0.2) is 31.2 Å². The summed E-state index contributed by atoms with van der Waals surface area (Å²) in [5.74, 6) is -2.26. The summed E-state index contributed by atoms with van der Waals surface area (Å²) in [5.41, 5.74) is 0.676. The number of rotatable bonds is 4. The molecule has 27 heavy (non-hydrogen) atoms. The predicted molar refractivity (Wildman–Crippen MR) is 105 cm³/mol. The predicted octanol–water partition coefficient (Wildman–Crippen LogP) is 3.71. The number of carbonyl (C=O) groups is 3. The van der Waals surface area contributed by atoms with E-state index in [9.17, 15) is 14.4 Å². The van der Waals surface area contributed by atoms with Crippen LogP contribution in [0.3, 0.4) is 0 Å². The smallest absolute Gasteiger partial charge is 0.335 e. The minimum atomic E-state index is -1.27.